The van der Waals surface area contributed by atoms with Gasteiger partial charge in [-0.2, -0.15) is 0 Å². The Morgan fingerprint density at radius 3 is 2.59 bits per heavy atom. The molecule has 0 heterocycles. The molecule has 0 spiro atoms. The van der Waals surface area contributed by atoms with Gasteiger partial charge in [0, 0.05) is 6.54 Å². The van der Waals surface area contributed by atoms with Crippen molar-refractivity contribution < 1.29 is 4.79 Å². The highest BCUT2D eigenvalue weighted by atomic mass is 80.0. The van der Waals surface area contributed by atoms with Gasteiger partial charge < -0.3 is 5.32 Å². The van der Waals surface area contributed by atoms with E-state index in [1.807, 2.05) is 0 Å². The fraction of sp³-hybridized carbons (Fsp3) is 0.682. The molecule has 1 N–H and O–H groups in total. The molecule has 0 aromatic heterocycles. The van der Waals surface area contributed by atoms with Gasteiger partial charge in [0.1, 0.15) is 0 Å². The molecule has 1 unspecified atom stereocenters. The third kappa shape index (κ3) is 4.21. The topological polar surface area (TPSA) is 29.1 Å². The molecule has 1 saturated carbocycles. The highest BCUT2D eigenvalue weighted by Crippen LogP contribution is 2.57. The van der Waals surface area contributed by atoms with Gasteiger partial charge in [0.25, 0.3) is 5.91 Å². The van der Waals surface area contributed by atoms with Crippen LogP contribution in [0.1, 0.15) is 76.0 Å². The molecule has 2 aliphatic carbocycles. The number of fused-ring (bicyclic) bond motifs is 3. The molecule has 1 aromatic carbocycles. The first-order chi connectivity index (χ1) is 12.5. The van der Waals surface area contributed by atoms with E-state index in [2.05, 4.69) is 99.0 Å². The largest absolute Gasteiger partial charge is 0.353 e. The van der Waals surface area contributed by atoms with Gasteiger partial charge >= 0.3 is 0 Å². The number of alkyl halides is 3. The summed E-state index contributed by atoms with van der Waals surface area (Å²) in [6.45, 7) is 10.1. The second-order valence-corrected chi connectivity index (χ2v) is 16.0. The van der Waals surface area contributed by atoms with Crippen LogP contribution in [-0.2, 0) is 16.6 Å². The van der Waals surface area contributed by atoms with E-state index < -0.39 is 2.14 Å². The van der Waals surface area contributed by atoms with Gasteiger partial charge in [-0.15, -0.1) is 0 Å². The van der Waals surface area contributed by atoms with Crippen molar-refractivity contribution in [1.82, 2.24) is 5.32 Å². The van der Waals surface area contributed by atoms with Crippen molar-refractivity contribution in [2.45, 2.75) is 73.3 Å². The van der Waals surface area contributed by atoms with E-state index in [1.165, 1.54) is 31.2 Å². The number of carbonyl (C=O) groups is 1. The Labute approximate surface area is 189 Å². The quantitative estimate of drug-likeness (QED) is 0.404. The SMILES string of the molecule is CC(C)c1ccc2c(c1)CCC1[C@](C)(CNC(=O)C(Br)(Br)Br)CCC[C@]21C. The van der Waals surface area contributed by atoms with Crippen molar-refractivity contribution in [2.75, 3.05) is 6.54 Å². The summed E-state index contributed by atoms with van der Waals surface area (Å²) in [4.78, 5) is 12.3. The van der Waals surface area contributed by atoms with Gasteiger partial charge in [-0.05, 0) is 113 Å². The van der Waals surface area contributed by atoms with Gasteiger partial charge in [-0.25, -0.2) is 0 Å². The van der Waals surface area contributed by atoms with E-state index in [0.29, 0.717) is 11.8 Å². The van der Waals surface area contributed by atoms with Crippen LogP contribution in [0.2, 0.25) is 0 Å². The van der Waals surface area contributed by atoms with Crippen LogP contribution in [0, 0.1) is 11.3 Å². The average Bonchev–Trinajstić information content (AvgIpc) is 2.58. The molecule has 150 valence electrons. The van der Waals surface area contributed by atoms with Crippen LogP contribution in [0.5, 0.6) is 0 Å². The third-order valence-electron chi connectivity index (χ3n) is 7.08. The number of aryl methyl sites for hydroxylation is 1. The van der Waals surface area contributed by atoms with E-state index in [9.17, 15) is 4.79 Å². The van der Waals surface area contributed by atoms with Crippen molar-refractivity contribution in [3.63, 3.8) is 0 Å². The molecule has 3 atom stereocenters. The third-order valence-corrected chi connectivity index (χ3v) is 8.16. The zero-order chi connectivity index (χ0) is 20.0. The Morgan fingerprint density at radius 2 is 1.96 bits per heavy atom. The lowest BCUT2D eigenvalue weighted by Gasteiger charge is -2.55. The number of halogens is 3. The fourth-order valence-corrected chi connectivity index (χ4v) is 6.02. The van der Waals surface area contributed by atoms with Gasteiger partial charge in [0.05, 0.1) is 0 Å². The monoisotopic (exact) mass is 561 g/mol. The first-order valence-electron chi connectivity index (χ1n) is 9.96. The Hall–Kier alpha value is 0.130. The van der Waals surface area contributed by atoms with Crippen LogP contribution in [0.25, 0.3) is 0 Å². The van der Waals surface area contributed by atoms with E-state index in [-0.39, 0.29) is 16.7 Å². The molecule has 5 heteroatoms. The summed E-state index contributed by atoms with van der Waals surface area (Å²) in [7, 11) is 0. The van der Waals surface area contributed by atoms with Gasteiger partial charge in [0.2, 0.25) is 2.14 Å². The normalized spacial score (nSPS) is 30.6. The van der Waals surface area contributed by atoms with Gasteiger partial charge in [-0.1, -0.05) is 52.3 Å². The number of nitrogens with one attached hydrogen (secondary N) is 1. The van der Waals surface area contributed by atoms with Gasteiger partial charge in [-0.3, -0.25) is 4.79 Å². The summed E-state index contributed by atoms with van der Waals surface area (Å²) in [6, 6.07) is 7.19. The molecule has 0 radical (unpaired) electrons. The smallest absolute Gasteiger partial charge is 0.258 e. The number of carbonyl (C=O) groups excluding carboxylic acids is 1. The molecular weight excluding hydrogens is 534 g/mol. The first kappa shape index (κ1) is 21.8. The highest BCUT2D eigenvalue weighted by molar-refractivity contribution is 9.40. The zero-order valence-corrected chi connectivity index (χ0v) is 21.4. The predicted octanol–water partition coefficient (Wildman–Crippen LogP) is 6.78. The second kappa shape index (κ2) is 7.75. The molecule has 2 aliphatic rings. The van der Waals surface area contributed by atoms with Crippen LogP contribution in [0.4, 0.5) is 0 Å². The first-order valence-corrected chi connectivity index (χ1v) is 12.3. The van der Waals surface area contributed by atoms with Crippen LogP contribution < -0.4 is 5.32 Å². The minimum Gasteiger partial charge on any atom is -0.353 e. The van der Waals surface area contributed by atoms with Crippen molar-refractivity contribution in [2.24, 2.45) is 11.3 Å². The van der Waals surface area contributed by atoms with Crippen LogP contribution in [-0.4, -0.2) is 14.6 Å². The lowest BCUT2D eigenvalue weighted by Crippen LogP contribution is -2.54. The van der Waals surface area contributed by atoms with E-state index in [1.54, 1.807) is 11.1 Å². The molecule has 1 fully saturated rings. The Kier molecular flexibility index (Phi) is 6.27. The molecule has 1 amide bonds. The highest BCUT2D eigenvalue weighted by Gasteiger charge is 2.51. The molecule has 27 heavy (non-hydrogen) atoms. The summed E-state index contributed by atoms with van der Waals surface area (Å²) in [5.74, 6) is 1.09. The van der Waals surface area contributed by atoms with Crippen molar-refractivity contribution >= 4 is 53.7 Å². The summed E-state index contributed by atoms with van der Waals surface area (Å²) < 4.78 is -0.881. The van der Waals surface area contributed by atoms with E-state index >= 15 is 0 Å². The average molecular weight is 564 g/mol. The van der Waals surface area contributed by atoms with Crippen molar-refractivity contribution in [3.8, 4) is 0 Å². The van der Waals surface area contributed by atoms with Gasteiger partial charge in [0.15, 0.2) is 0 Å². The predicted molar refractivity (Wildman–Crippen MR) is 124 cm³/mol. The maximum absolute atomic E-state index is 12.3. The molecular formula is C22H30Br3NO. The second-order valence-electron chi connectivity index (χ2n) is 9.27. The van der Waals surface area contributed by atoms with Crippen LogP contribution >= 0.6 is 47.8 Å². The lowest BCUT2D eigenvalue weighted by atomic mass is 9.49. The Bertz CT molecular complexity index is 727. The standard InChI is InChI=1S/C22H30Br3NO/c1-14(2)15-6-8-17-16(12-15)7-9-18-20(3,10-5-11-21(17,18)4)13-26-19(27)22(23,24)25/h6,8,12,14,18H,5,7,9-11,13H2,1-4H3,(H,26,27)/t18?,20-,21+/m0/s1. The van der Waals surface area contributed by atoms with Crippen molar-refractivity contribution in [1.29, 1.82) is 0 Å². The summed E-state index contributed by atoms with van der Waals surface area (Å²) in [5.41, 5.74) is 4.87. The minimum atomic E-state index is -0.881. The number of hydrogen-bond acceptors (Lipinski definition) is 1. The molecule has 1 aromatic rings. The molecule has 2 nitrogen and oxygen atoms in total. The summed E-state index contributed by atoms with van der Waals surface area (Å²) in [5, 5.41) is 3.15. The lowest BCUT2D eigenvalue weighted by molar-refractivity contribution is -0.120. The maximum Gasteiger partial charge on any atom is 0.258 e. The zero-order valence-electron chi connectivity index (χ0n) is 16.7. The van der Waals surface area contributed by atoms with Crippen LogP contribution in [0.15, 0.2) is 18.2 Å². The number of amides is 1. The molecule has 0 bridgehead atoms. The molecule has 0 saturated heterocycles. The molecule has 0 aliphatic heterocycles. The summed E-state index contributed by atoms with van der Waals surface area (Å²) >= 11 is 9.98. The van der Waals surface area contributed by atoms with E-state index in [4.69, 9.17) is 0 Å². The number of hydrogen-bond donors (Lipinski definition) is 1. The molecule has 3 rings (SSSR count). The Balaban J connectivity index is 1.88. The fourth-order valence-electron chi connectivity index (χ4n) is 5.60. The van der Waals surface area contributed by atoms with E-state index in [0.717, 1.165) is 13.0 Å². The van der Waals surface area contributed by atoms with Crippen molar-refractivity contribution in [3.05, 3.63) is 34.9 Å². The van der Waals surface area contributed by atoms with Crippen LogP contribution in [0.3, 0.4) is 0 Å². The number of benzene rings is 1. The Morgan fingerprint density at radius 1 is 1.26 bits per heavy atom. The number of rotatable bonds is 3. The minimum absolute atomic E-state index is 0.0752. The summed E-state index contributed by atoms with van der Waals surface area (Å²) in [6.07, 6.45) is 5.99. The maximum atomic E-state index is 12.3.